The third kappa shape index (κ3) is 4.80. The average Bonchev–Trinajstić information content (AvgIpc) is 2.42. The van der Waals surface area contributed by atoms with E-state index in [1.54, 1.807) is 6.07 Å². The van der Waals surface area contributed by atoms with Gasteiger partial charge in [-0.3, -0.25) is 0 Å². The summed E-state index contributed by atoms with van der Waals surface area (Å²) < 4.78 is 14.1. The van der Waals surface area contributed by atoms with Crippen molar-refractivity contribution in [3.05, 3.63) is 29.6 Å². The second-order valence-corrected chi connectivity index (χ2v) is 4.58. The molecular formula is C15H25FN2O. The van der Waals surface area contributed by atoms with Crippen molar-refractivity contribution in [2.75, 3.05) is 31.1 Å². The van der Waals surface area contributed by atoms with Crippen LogP contribution in [-0.4, -0.2) is 31.3 Å². The molecule has 0 aromatic heterocycles. The van der Waals surface area contributed by atoms with Gasteiger partial charge in [-0.05, 0) is 37.9 Å². The number of hydrogen-bond acceptors (Lipinski definition) is 3. The lowest BCUT2D eigenvalue weighted by molar-refractivity contribution is 0.289. The Kier molecular flexibility index (Phi) is 7.45. The van der Waals surface area contributed by atoms with E-state index in [0.717, 1.165) is 25.1 Å². The smallest absolute Gasteiger partial charge is 0.146 e. The zero-order valence-corrected chi connectivity index (χ0v) is 12.0. The first-order chi connectivity index (χ1) is 9.24. The minimum atomic E-state index is -0.185. The molecule has 0 radical (unpaired) electrons. The summed E-state index contributed by atoms with van der Waals surface area (Å²) in [5.41, 5.74) is 1.65. The number of halogens is 1. The molecule has 0 aliphatic rings. The highest BCUT2D eigenvalue weighted by atomic mass is 19.1. The Balaban J connectivity index is 2.88. The molecule has 0 saturated heterocycles. The number of rotatable bonds is 9. The molecule has 0 aliphatic carbocycles. The first-order valence-electron chi connectivity index (χ1n) is 7.08. The van der Waals surface area contributed by atoms with Gasteiger partial charge >= 0.3 is 0 Å². The molecule has 108 valence electrons. The van der Waals surface area contributed by atoms with Gasteiger partial charge in [-0.2, -0.15) is 0 Å². The Morgan fingerprint density at radius 2 is 2.11 bits per heavy atom. The summed E-state index contributed by atoms with van der Waals surface area (Å²) in [5.74, 6) is -0.185. The molecule has 1 rings (SSSR count). The lowest BCUT2D eigenvalue weighted by Gasteiger charge is -2.26. The van der Waals surface area contributed by atoms with Gasteiger partial charge < -0.3 is 15.3 Å². The fraction of sp³-hybridized carbons (Fsp3) is 0.600. The van der Waals surface area contributed by atoms with E-state index >= 15 is 0 Å². The van der Waals surface area contributed by atoms with Crippen LogP contribution in [-0.2, 0) is 6.54 Å². The van der Waals surface area contributed by atoms with Crippen molar-refractivity contribution < 1.29 is 9.50 Å². The zero-order valence-electron chi connectivity index (χ0n) is 12.0. The Bertz CT molecular complexity index is 371. The molecule has 4 heteroatoms. The highest BCUT2D eigenvalue weighted by molar-refractivity contribution is 5.54. The summed E-state index contributed by atoms with van der Waals surface area (Å²) in [7, 11) is 0. The van der Waals surface area contributed by atoms with Gasteiger partial charge in [-0.1, -0.05) is 19.1 Å². The number of aliphatic hydroxyl groups is 1. The molecule has 1 aromatic carbocycles. The summed E-state index contributed by atoms with van der Waals surface area (Å²) in [6.45, 7) is 7.27. The molecule has 1 aromatic rings. The molecule has 0 bridgehead atoms. The van der Waals surface area contributed by atoms with E-state index in [-0.39, 0.29) is 12.4 Å². The van der Waals surface area contributed by atoms with Gasteiger partial charge in [0, 0.05) is 26.2 Å². The van der Waals surface area contributed by atoms with E-state index in [2.05, 4.69) is 12.2 Å². The quantitative estimate of drug-likeness (QED) is 0.676. The average molecular weight is 268 g/mol. The first kappa shape index (κ1) is 15.9. The van der Waals surface area contributed by atoms with Crippen LogP contribution in [0.15, 0.2) is 18.2 Å². The monoisotopic (exact) mass is 268 g/mol. The number of aliphatic hydroxyl groups excluding tert-OH is 1. The van der Waals surface area contributed by atoms with Gasteiger partial charge in [0.1, 0.15) is 5.82 Å². The molecule has 2 N–H and O–H groups in total. The maximum absolute atomic E-state index is 14.1. The standard InChI is InChI=1S/C15H25FN2O/c1-3-9-17-12-13-7-5-8-14(16)15(13)18(4-2)10-6-11-19/h5,7-8,17,19H,3-4,6,9-12H2,1-2H3. The fourth-order valence-corrected chi connectivity index (χ4v) is 2.15. The molecule has 0 heterocycles. The molecular weight excluding hydrogens is 243 g/mol. The van der Waals surface area contributed by atoms with Gasteiger partial charge in [0.25, 0.3) is 0 Å². The van der Waals surface area contributed by atoms with Gasteiger partial charge in [0.05, 0.1) is 5.69 Å². The largest absolute Gasteiger partial charge is 0.396 e. The van der Waals surface area contributed by atoms with Crippen molar-refractivity contribution >= 4 is 5.69 Å². The van der Waals surface area contributed by atoms with Crippen molar-refractivity contribution in [2.24, 2.45) is 0 Å². The summed E-state index contributed by atoms with van der Waals surface area (Å²) >= 11 is 0. The number of nitrogens with one attached hydrogen (secondary N) is 1. The van der Waals surface area contributed by atoms with E-state index in [1.165, 1.54) is 6.07 Å². The van der Waals surface area contributed by atoms with E-state index < -0.39 is 0 Å². The highest BCUT2D eigenvalue weighted by Gasteiger charge is 2.14. The fourth-order valence-electron chi connectivity index (χ4n) is 2.15. The minimum Gasteiger partial charge on any atom is -0.396 e. The second-order valence-electron chi connectivity index (χ2n) is 4.58. The van der Waals surface area contributed by atoms with Gasteiger partial charge in [-0.15, -0.1) is 0 Å². The number of hydrogen-bond donors (Lipinski definition) is 2. The van der Waals surface area contributed by atoms with Crippen LogP contribution in [0.4, 0.5) is 10.1 Å². The maximum atomic E-state index is 14.1. The zero-order chi connectivity index (χ0) is 14.1. The topological polar surface area (TPSA) is 35.5 Å². The minimum absolute atomic E-state index is 0.133. The molecule has 0 saturated carbocycles. The number of nitrogens with zero attached hydrogens (tertiary/aromatic N) is 1. The van der Waals surface area contributed by atoms with Crippen molar-refractivity contribution in [1.29, 1.82) is 0 Å². The van der Waals surface area contributed by atoms with Crippen LogP contribution in [0.5, 0.6) is 0 Å². The first-order valence-corrected chi connectivity index (χ1v) is 7.08. The molecule has 19 heavy (non-hydrogen) atoms. The lowest BCUT2D eigenvalue weighted by atomic mass is 10.1. The number of para-hydroxylation sites is 1. The third-order valence-electron chi connectivity index (χ3n) is 3.10. The van der Waals surface area contributed by atoms with Crippen molar-refractivity contribution in [3.63, 3.8) is 0 Å². The molecule has 0 atom stereocenters. The lowest BCUT2D eigenvalue weighted by Crippen LogP contribution is -2.28. The maximum Gasteiger partial charge on any atom is 0.146 e. The Morgan fingerprint density at radius 1 is 1.32 bits per heavy atom. The molecule has 0 aliphatic heterocycles. The molecule has 0 unspecified atom stereocenters. The summed E-state index contributed by atoms with van der Waals surface area (Å²) in [6, 6.07) is 5.21. The second kappa shape index (κ2) is 8.88. The van der Waals surface area contributed by atoms with Crippen molar-refractivity contribution in [1.82, 2.24) is 5.32 Å². The summed E-state index contributed by atoms with van der Waals surface area (Å²) in [5, 5.41) is 12.2. The van der Waals surface area contributed by atoms with Crippen LogP contribution in [0.25, 0.3) is 0 Å². The predicted octanol–water partition coefficient (Wildman–Crippen LogP) is 2.53. The molecule has 0 spiro atoms. The third-order valence-corrected chi connectivity index (χ3v) is 3.10. The number of benzene rings is 1. The van der Waals surface area contributed by atoms with Crippen molar-refractivity contribution in [3.8, 4) is 0 Å². The summed E-state index contributed by atoms with van der Waals surface area (Å²) in [6.07, 6.45) is 1.72. The van der Waals surface area contributed by atoms with Crippen molar-refractivity contribution in [2.45, 2.75) is 33.2 Å². The van der Waals surface area contributed by atoms with Gasteiger partial charge in [0.15, 0.2) is 0 Å². The van der Waals surface area contributed by atoms with Gasteiger partial charge in [-0.25, -0.2) is 4.39 Å². The normalized spacial score (nSPS) is 10.7. The van der Waals surface area contributed by atoms with Crippen LogP contribution in [0.2, 0.25) is 0 Å². The molecule has 0 amide bonds. The number of anilines is 1. The van der Waals surface area contributed by atoms with E-state index in [1.807, 2.05) is 17.9 Å². The predicted molar refractivity (Wildman–Crippen MR) is 78.0 cm³/mol. The van der Waals surface area contributed by atoms with Crippen LogP contribution in [0.3, 0.4) is 0 Å². The van der Waals surface area contributed by atoms with Crippen LogP contribution < -0.4 is 10.2 Å². The highest BCUT2D eigenvalue weighted by Crippen LogP contribution is 2.24. The van der Waals surface area contributed by atoms with E-state index in [9.17, 15) is 4.39 Å². The Morgan fingerprint density at radius 3 is 2.74 bits per heavy atom. The summed E-state index contributed by atoms with van der Waals surface area (Å²) in [4.78, 5) is 1.99. The van der Waals surface area contributed by atoms with Gasteiger partial charge in [0.2, 0.25) is 0 Å². The van der Waals surface area contributed by atoms with Crippen LogP contribution in [0, 0.1) is 5.82 Å². The van der Waals surface area contributed by atoms with E-state index in [4.69, 9.17) is 5.11 Å². The van der Waals surface area contributed by atoms with Crippen LogP contribution in [0.1, 0.15) is 32.3 Å². The molecule has 0 fully saturated rings. The Hall–Kier alpha value is -1.13. The molecule has 3 nitrogen and oxygen atoms in total. The van der Waals surface area contributed by atoms with E-state index in [0.29, 0.717) is 25.2 Å². The SMILES string of the molecule is CCCNCc1cccc(F)c1N(CC)CCCO. The van der Waals surface area contributed by atoms with Crippen LogP contribution >= 0.6 is 0 Å². The Labute approximate surface area is 115 Å².